The first kappa shape index (κ1) is 17.3. The Morgan fingerprint density at radius 3 is 2.56 bits per heavy atom. The fraction of sp³-hybridized carbons (Fsp3) is 0.500. The molecule has 3 rings (SSSR count). The largest absolute Gasteiger partial charge is 0.342 e. The molecule has 2 aliphatic rings. The maximum Gasteiger partial charge on any atom is 0.319 e. The van der Waals surface area contributed by atoms with Crippen molar-refractivity contribution >= 4 is 23.5 Å². The van der Waals surface area contributed by atoms with Crippen molar-refractivity contribution in [3.05, 3.63) is 29.8 Å². The van der Waals surface area contributed by atoms with Crippen molar-refractivity contribution in [2.75, 3.05) is 11.9 Å². The molecule has 7 heteroatoms. The van der Waals surface area contributed by atoms with Gasteiger partial charge < -0.3 is 20.9 Å². The molecular weight excluding hydrogens is 320 g/mol. The van der Waals surface area contributed by atoms with E-state index in [1.54, 1.807) is 4.90 Å². The van der Waals surface area contributed by atoms with Crippen molar-refractivity contribution in [1.82, 2.24) is 15.5 Å². The van der Waals surface area contributed by atoms with Crippen molar-refractivity contribution in [3.63, 3.8) is 0 Å². The summed E-state index contributed by atoms with van der Waals surface area (Å²) in [4.78, 5) is 38.8. The topological polar surface area (TPSA) is 90.5 Å². The Labute approximate surface area is 147 Å². The van der Waals surface area contributed by atoms with Crippen LogP contribution in [-0.4, -0.2) is 47.4 Å². The van der Waals surface area contributed by atoms with Crippen LogP contribution in [-0.2, 0) is 9.59 Å². The summed E-state index contributed by atoms with van der Waals surface area (Å²) >= 11 is 0. The van der Waals surface area contributed by atoms with Gasteiger partial charge in [-0.25, -0.2) is 4.79 Å². The van der Waals surface area contributed by atoms with E-state index < -0.39 is 12.1 Å². The highest BCUT2D eigenvalue weighted by molar-refractivity contribution is 5.99. The molecule has 1 aromatic carbocycles. The van der Waals surface area contributed by atoms with Crippen LogP contribution in [0.4, 0.5) is 10.5 Å². The van der Waals surface area contributed by atoms with E-state index in [9.17, 15) is 14.4 Å². The second-order valence-corrected chi connectivity index (χ2v) is 7.07. The number of nitrogens with zero attached hydrogens (tertiary/aromatic N) is 1. The molecular formula is C18H24N4O3. The predicted octanol–water partition coefficient (Wildman–Crippen LogP) is 1.24. The Morgan fingerprint density at radius 1 is 1.24 bits per heavy atom. The second kappa shape index (κ2) is 6.74. The molecule has 2 heterocycles. The fourth-order valence-electron chi connectivity index (χ4n) is 3.42. The molecule has 2 saturated heterocycles. The van der Waals surface area contributed by atoms with Crippen molar-refractivity contribution < 1.29 is 14.4 Å². The molecule has 3 N–H and O–H groups in total. The van der Waals surface area contributed by atoms with Gasteiger partial charge in [-0.3, -0.25) is 9.59 Å². The standard InChI is InChI=1S/C18H24N4O3/c1-10(2)14-17(24)22-9-8-13(15(22)16(23)21-14)20-18(25)19-12-6-4-11(3)5-7-12/h4-7,10,13-15H,8-9H2,1-3H3,(H,21,23)(H2,19,20,25)/t13-,14+,15-/m0/s1. The van der Waals surface area contributed by atoms with Crippen molar-refractivity contribution in [1.29, 1.82) is 0 Å². The number of rotatable bonds is 3. The van der Waals surface area contributed by atoms with Gasteiger partial charge in [-0.05, 0) is 31.4 Å². The molecule has 0 aliphatic carbocycles. The molecule has 0 unspecified atom stereocenters. The number of hydrogen-bond donors (Lipinski definition) is 3. The number of piperazine rings is 1. The van der Waals surface area contributed by atoms with Gasteiger partial charge >= 0.3 is 6.03 Å². The summed E-state index contributed by atoms with van der Waals surface area (Å²) in [5, 5.41) is 8.39. The highest BCUT2D eigenvalue weighted by Gasteiger charge is 2.49. The highest BCUT2D eigenvalue weighted by atomic mass is 16.2. The minimum absolute atomic E-state index is 0.0363. The van der Waals surface area contributed by atoms with Crippen LogP contribution in [0.1, 0.15) is 25.8 Å². The molecule has 0 saturated carbocycles. The van der Waals surface area contributed by atoms with Crippen LogP contribution in [0.25, 0.3) is 0 Å². The van der Waals surface area contributed by atoms with Crippen molar-refractivity contribution in [3.8, 4) is 0 Å². The first-order valence-corrected chi connectivity index (χ1v) is 8.62. The lowest BCUT2D eigenvalue weighted by molar-refractivity contribution is -0.148. The average molecular weight is 344 g/mol. The van der Waals surface area contributed by atoms with Crippen LogP contribution in [0.3, 0.4) is 0 Å². The van der Waals surface area contributed by atoms with E-state index in [1.165, 1.54) is 0 Å². The molecule has 0 radical (unpaired) electrons. The molecule has 25 heavy (non-hydrogen) atoms. The molecule has 2 fully saturated rings. The van der Waals surface area contributed by atoms with E-state index >= 15 is 0 Å². The smallest absolute Gasteiger partial charge is 0.319 e. The second-order valence-electron chi connectivity index (χ2n) is 7.07. The number of benzene rings is 1. The summed E-state index contributed by atoms with van der Waals surface area (Å²) in [7, 11) is 0. The third-order valence-corrected chi connectivity index (χ3v) is 4.81. The maximum atomic E-state index is 12.5. The Balaban J connectivity index is 1.64. The summed E-state index contributed by atoms with van der Waals surface area (Å²) < 4.78 is 0. The lowest BCUT2D eigenvalue weighted by Crippen LogP contribution is -2.66. The van der Waals surface area contributed by atoms with E-state index in [2.05, 4.69) is 16.0 Å². The average Bonchev–Trinajstić information content (AvgIpc) is 2.97. The number of carbonyl (C=O) groups is 3. The number of aryl methyl sites for hydroxylation is 1. The van der Waals surface area contributed by atoms with E-state index in [-0.39, 0.29) is 29.8 Å². The fourth-order valence-corrected chi connectivity index (χ4v) is 3.42. The Bertz CT molecular complexity index is 686. The number of amides is 4. The van der Waals surface area contributed by atoms with Gasteiger partial charge in [0, 0.05) is 12.2 Å². The SMILES string of the molecule is Cc1ccc(NC(=O)N[C@H]2CCN3C(=O)[C@@H](C(C)C)NC(=O)[C@H]23)cc1. The molecule has 4 amide bonds. The zero-order valence-corrected chi connectivity index (χ0v) is 14.7. The lowest BCUT2D eigenvalue weighted by Gasteiger charge is -2.37. The molecule has 134 valence electrons. The van der Waals surface area contributed by atoms with Crippen LogP contribution < -0.4 is 16.0 Å². The molecule has 0 bridgehead atoms. The molecule has 1 aromatic rings. The number of carbonyl (C=O) groups excluding carboxylic acids is 3. The van der Waals surface area contributed by atoms with Crippen LogP contribution in [0.2, 0.25) is 0 Å². The minimum Gasteiger partial charge on any atom is -0.342 e. The zero-order chi connectivity index (χ0) is 18.1. The third-order valence-electron chi connectivity index (χ3n) is 4.81. The summed E-state index contributed by atoms with van der Waals surface area (Å²) in [6.07, 6.45) is 0.565. The summed E-state index contributed by atoms with van der Waals surface area (Å²) in [6.45, 7) is 6.27. The van der Waals surface area contributed by atoms with Gasteiger partial charge in [0.2, 0.25) is 11.8 Å². The Hall–Kier alpha value is -2.57. The molecule has 7 nitrogen and oxygen atoms in total. The number of hydrogen-bond acceptors (Lipinski definition) is 3. The number of anilines is 1. The Kier molecular flexibility index (Phi) is 4.65. The third kappa shape index (κ3) is 3.45. The first-order valence-electron chi connectivity index (χ1n) is 8.62. The quantitative estimate of drug-likeness (QED) is 0.770. The summed E-state index contributed by atoms with van der Waals surface area (Å²) in [5.41, 5.74) is 1.79. The highest BCUT2D eigenvalue weighted by Crippen LogP contribution is 2.25. The van der Waals surface area contributed by atoms with Gasteiger partial charge in [-0.1, -0.05) is 31.5 Å². The van der Waals surface area contributed by atoms with Crippen molar-refractivity contribution in [2.24, 2.45) is 5.92 Å². The van der Waals surface area contributed by atoms with Gasteiger partial charge in [0.1, 0.15) is 12.1 Å². The van der Waals surface area contributed by atoms with Crippen LogP contribution in [0, 0.1) is 12.8 Å². The molecule has 0 aromatic heterocycles. The van der Waals surface area contributed by atoms with Crippen LogP contribution in [0.5, 0.6) is 0 Å². The minimum atomic E-state index is -0.633. The number of nitrogens with one attached hydrogen (secondary N) is 3. The first-order chi connectivity index (χ1) is 11.9. The van der Waals surface area contributed by atoms with Gasteiger partial charge in [0.15, 0.2) is 0 Å². The van der Waals surface area contributed by atoms with E-state index in [1.807, 2.05) is 45.0 Å². The summed E-state index contributed by atoms with van der Waals surface area (Å²) in [6, 6.07) is 5.58. The van der Waals surface area contributed by atoms with Gasteiger partial charge in [0.25, 0.3) is 0 Å². The van der Waals surface area contributed by atoms with Gasteiger partial charge in [-0.2, -0.15) is 0 Å². The lowest BCUT2D eigenvalue weighted by atomic mass is 9.97. The zero-order valence-electron chi connectivity index (χ0n) is 14.7. The molecule has 0 spiro atoms. The van der Waals surface area contributed by atoms with Gasteiger partial charge in [-0.15, -0.1) is 0 Å². The van der Waals surface area contributed by atoms with E-state index in [0.717, 1.165) is 5.56 Å². The molecule has 3 atom stereocenters. The van der Waals surface area contributed by atoms with Crippen LogP contribution in [0.15, 0.2) is 24.3 Å². The van der Waals surface area contributed by atoms with Crippen LogP contribution >= 0.6 is 0 Å². The molecule has 2 aliphatic heterocycles. The number of urea groups is 1. The summed E-state index contributed by atoms with van der Waals surface area (Å²) in [5.74, 6) is -0.228. The number of fused-ring (bicyclic) bond motifs is 1. The predicted molar refractivity (Wildman–Crippen MR) is 94.0 cm³/mol. The normalized spacial score (nSPS) is 25.6. The van der Waals surface area contributed by atoms with E-state index in [4.69, 9.17) is 0 Å². The van der Waals surface area contributed by atoms with E-state index in [0.29, 0.717) is 18.7 Å². The maximum absolute atomic E-state index is 12.5. The van der Waals surface area contributed by atoms with Gasteiger partial charge in [0.05, 0.1) is 6.04 Å². The monoisotopic (exact) mass is 344 g/mol. The van der Waals surface area contributed by atoms with Crippen molar-refractivity contribution in [2.45, 2.75) is 45.3 Å². The Morgan fingerprint density at radius 2 is 1.92 bits per heavy atom.